The summed E-state index contributed by atoms with van der Waals surface area (Å²) in [6.07, 6.45) is 3.23. The molecule has 0 unspecified atom stereocenters. The van der Waals surface area contributed by atoms with Crippen LogP contribution in [0.3, 0.4) is 0 Å². The zero-order chi connectivity index (χ0) is 21.0. The van der Waals surface area contributed by atoms with Crippen LogP contribution in [-0.4, -0.2) is 56.8 Å². The van der Waals surface area contributed by atoms with Crippen molar-refractivity contribution in [3.8, 4) is 5.75 Å². The molecular weight excluding hydrogens is 388 g/mol. The molecule has 3 rings (SSSR count). The number of piperazine rings is 1. The van der Waals surface area contributed by atoms with Gasteiger partial charge in [0, 0.05) is 37.8 Å². The number of carbonyl (C=O) groups is 1. The molecule has 7 heteroatoms. The van der Waals surface area contributed by atoms with Crippen molar-refractivity contribution in [3.63, 3.8) is 0 Å². The lowest BCUT2D eigenvalue weighted by molar-refractivity contribution is -0.127. The molecule has 29 heavy (non-hydrogen) atoms. The van der Waals surface area contributed by atoms with E-state index in [1.54, 1.807) is 31.1 Å². The first-order valence-electron chi connectivity index (χ1n) is 9.50. The molecule has 0 N–H and O–H groups in total. The molecule has 6 nitrogen and oxygen atoms in total. The van der Waals surface area contributed by atoms with Gasteiger partial charge in [-0.2, -0.15) is 4.31 Å². The van der Waals surface area contributed by atoms with Crippen molar-refractivity contribution in [2.24, 2.45) is 0 Å². The Labute approximate surface area is 172 Å². The van der Waals surface area contributed by atoms with E-state index in [-0.39, 0.29) is 19.0 Å². The predicted molar refractivity (Wildman–Crippen MR) is 113 cm³/mol. The van der Waals surface area contributed by atoms with Crippen LogP contribution in [-0.2, 0) is 14.8 Å². The van der Waals surface area contributed by atoms with Gasteiger partial charge < -0.3 is 9.64 Å². The molecule has 0 aliphatic carbocycles. The van der Waals surface area contributed by atoms with Gasteiger partial charge in [0.05, 0.1) is 12.0 Å². The largest absolute Gasteiger partial charge is 0.496 e. The number of nitrogens with zero attached hydrogens (tertiary/aromatic N) is 2. The van der Waals surface area contributed by atoms with Gasteiger partial charge in [0.25, 0.3) is 0 Å². The first-order chi connectivity index (χ1) is 13.8. The summed E-state index contributed by atoms with van der Waals surface area (Å²) < 4.78 is 32.8. The van der Waals surface area contributed by atoms with E-state index in [0.717, 1.165) is 16.7 Å². The van der Waals surface area contributed by atoms with Crippen LogP contribution in [0.2, 0.25) is 0 Å². The third-order valence-electron chi connectivity index (χ3n) is 5.06. The Morgan fingerprint density at radius 3 is 2.41 bits per heavy atom. The number of hydrogen-bond acceptors (Lipinski definition) is 4. The highest BCUT2D eigenvalue weighted by Gasteiger charge is 2.30. The van der Waals surface area contributed by atoms with Crippen LogP contribution in [0.15, 0.2) is 53.4 Å². The molecule has 1 aliphatic rings. The van der Waals surface area contributed by atoms with Crippen molar-refractivity contribution >= 4 is 22.0 Å². The van der Waals surface area contributed by atoms with E-state index in [2.05, 4.69) is 0 Å². The Kier molecular flexibility index (Phi) is 6.39. The SMILES string of the molecule is COc1ccccc1C=CC(=O)N1CCN(S(=O)(=O)c2cc(C)ccc2C)CC1. The Balaban J connectivity index is 1.66. The van der Waals surface area contributed by atoms with E-state index in [9.17, 15) is 13.2 Å². The second kappa shape index (κ2) is 8.80. The van der Waals surface area contributed by atoms with Gasteiger partial charge in [-0.3, -0.25) is 4.79 Å². The number of carbonyl (C=O) groups excluding carboxylic acids is 1. The third-order valence-corrected chi connectivity index (χ3v) is 7.10. The molecule has 0 spiro atoms. The van der Waals surface area contributed by atoms with Crippen LogP contribution in [0, 0.1) is 13.8 Å². The minimum atomic E-state index is -3.57. The van der Waals surface area contributed by atoms with E-state index in [1.165, 1.54) is 10.4 Å². The predicted octanol–water partition coefficient (Wildman–Crippen LogP) is 2.86. The highest BCUT2D eigenvalue weighted by molar-refractivity contribution is 7.89. The van der Waals surface area contributed by atoms with Crippen molar-refractivity contribution in [3.05, 3.63) is 65.2 Å². The fourth-order valence-corrected chi connectivity index (χ4v) is 5.08. The monoisotopic (exact) mass is 414 g/mol. The summed E-state index contributed by atoms with van der Waals surface area (Å²) in [4.78, 5) is 14.5. The molecule has 1 aliphatic heterocycles. The van der Waals surface area contributed by atoms with Crippen LogP contribution in [0.1, 0.15) is 16.7 Å². The van der Waals surface area contributed by atoms with Gasteiger partial charge >= 0.3 is 0 Å². The van der Waals surface area contributed by atoms with Gasteiger partial charge in [-0.05, 0) is 43.2 Å². The molecule has 2 aromatic rings. The average Bonchev–Trinajstić information content (AvgIpc) is 2.73. The van der Waals surface area contributed by atoms with E-state index in [4.69, 9.17) is 4.74 Å². The summed E-state index contributed by atoms with van der Waals surface area (Å²) in [5.41, 5.74) is 2.46. The Morgan fingerprint density at radius 2 is 1.72 bits per heavy atom. The quantitative estimate of drug-likeness (QED) is 0.706. The van der Waals surface area contributed by atoms with Crippen molar-refractivity contribution < 1.29 is 17.9 Å². The van der Waals surface area contributed by atoms with Crippen molar-refractivity contribution in [1.82, 2.24) is 9.21 Å². The summed E-state index contributed by atoms with van der Waals surface area (Å²) >= 11 is 0. The molecule has 154 valence electrons. The lowest BCUT2D eigenvalue weighted by Crippen LogP contribution is -2.50. The lowest BCUT2D eigenvalue weighted by atomic mass is 10.2. The maximum absolute atomic E-state index is 13.0. The maximum Gasteiger partial charge on any atom is 0.246 e. The minimum Gasteiger partial charge on any atom is -0.496 e. The van der Waals surface area contributed by atoms with Gasteiger partial charge in [0.15, 0.2) is 0 Å². The maximum atomic E-state index is 13.0. The van der Waals surface area contributed by atoms with E-state index >= 15 is 0 Å². The molecule has 0 bridgehead atoms. The summed E-state index contributed by atoms with van der Waals surface area (Å²) in [6.45, 7) is 4.96. The minimum absolute atomic E-state index is 0.139. The number of ether oxygens (including phenoxy) is 1. The van der Waals surface area contributed by atoms with E-state index in [0.29, 0.717) is 23.7 Å². The average molecular weight is 415 g/mol. The van der Waals surface area contributed by atoms with E-state index < -0.39 is 10.0 Å². The first kappa shape index (κ1) is 21.1. The standard InChI is InChI=1S/C22H26N2O4S/c1-17-8-9-18(2)21(16-17)29(26,27)24-14-12-23(13-15-24)22(25)11-10-19-6-4-5-7-20(19)28-3/h4-11,16H,12-15H2,1-3H3. The molecule has 0 atom stereocenters. The summed E-state index contributed by atoms with van der Waals surface area (Å²) in [5, 5.41) is 0. The highest BCUT2D eigenvalue weighted by Crippen LogP contribution is 2.23. The van der Waals surface area contributed by atoms with Gasteiger partial charge in [-0.15, -0.1) is 0 Å². The number of hydrogen-bond donors (Lipinski definition) is 0. The molecule has 0 radical (unpaired) electrons. The van der Waals surface area contributed by atoms with Gasteiger partial charge in [-0.1, -0.05) is 30.3 Å². The van der Waals surface area contributed by atoms with Crippen molar-refractivity contribution in [2.75, 3.05) is 33.3 Å². The van der Waals surface area contributed by atoms with Gasteiger partial charge in [-0.25, -0.2) is 8.42 Å². The summed E-state index contributed by atoms with van der Waals surface area (Å²) in [5.74, 6) is 0.556. The van der Waals surface area contributed by atoms with E-state index in [1.807, 2.05) is 43.3 Å². The van der Waals surface area contributed by atoms with Gasteiger partial charge in [0.1, 0.15) is 5.75 Å². The van der Waals surface area contributed by atoms with Crippen molar-refractivity contribution in [1.29, 1.82) is 0 Å². The first-order valence-corrected chi connectivity index (χ1v) is 10.9. The highest BCUT2D eigenvalue weighted by atomic mass is 32.2. The molecule has 1 amide bonds. The Morgan fingerprint density at radius 1 is 1.03 bits per heavy atom. The smallest absolute Gasteiger partial charge is 0.246 e. The normalized spacial score (nSPS) is 15.6. The van der Waals surface area contributed by atoms with Crippen LogP contribution >= 0.6 is 0 Å². The lowest BCUT2D eigenvalue weighted by Gasteiger charge is -2.33. The zero-order valence-corrected chi connectivity index (χ0v) is 17.8. The number of rotatable bonds is 5. The van der Waals surface area contributed by atoms with Crippen LogP contribution in [0.4, 0.5) is 0 Å². The third kappa shape index (κ3) is 4.68. The zero-order valence-electron chi connectivity index (χ0n) is 17.0. The van der Waals surface area contributed by atoms with Crippen molar-refractivity contribution in [2.45, 2.75) is 18.7 Å². The molecular formula is C22H26N2O4S. The molecule has 1 saturated heterocycles. The van der Waals surface area contributed by atoms with Crippen LogP contribution < -0.4 is 4.74 Å². The second-order valence-electron chi connectivity index (χ2n) is 7.07. The number of methoxy groups -OCH3 is 1. The van der Waals surface area contributed by atoms with Crippen LogP contribution in [0.5, 0.6) is 5.75 Å². The Bertz CT molecular complexity index is 1020. The molecule has 1 heterocycles. The van der Waals surface area contributed by atoms with Gasteiger partial charge in [0.2, 0.25) is 15.9 Å². The number of para-hydroxylation sites is 1. The fourth-order valence-electron chi connectivity index (χ4n) is 3.34. The Hall–Kier alpha value is -2.64. The topological polar surface area (TPSA) is 66.9 Å². The number of aryl methyl sites for hydroxylation is 2. The number of benzene rings is 2. The fraction of sp³-hybridized carbons (Fsp3) is 0.318. The number of amides is 1. The number of sulfonamides is 1. The summed E-state index contributed by atoms with van der Waals surface area (Å²) in [7, 11) is -1.98. The second-order valence-corrected chi connectivity index (χ2v) is 8.98. The van der Waals surface area contributed by atoms with Crippen LogP contribution in [0.25, 0.3) is 6.08 Å². The molecule has 2 aromatic carbocycles. The molecule has 0 aromatic heterocycles. The molecule has 1 fully saturated rings. The summed E-state index contributed by atoms with van der Waals surface area (Å²) in [6, 6.07) is 12.9. The molecule has 0 saturated carbocycles.